The van der Waals surface area contributed by atoms with Crippen LogP contribution in [0.15, 0.2) is 61.4 Å². The fourth-order valence-electron chi connectivity index (χ4n) is 3.52. The SMILES string of the molecule is O=C(c1ccncc1)N1CCC(c2nccn2Cc2cccnc2)CC1. The van der Waals surface area contributed by atoms with E-state index >= 15 is 0 Å². The third-order valence-electron chi connectivity index (χ3n) is 4.90. The van der Waals surface area contributed by atoms with E-state index in [4.69, 9.17) is 0 Å². The minimum absolute atomic E-state index is 0.0875. The molecule has 132 valence electrons. The van der Waals surface area contributed by atoms with Crippen LogP contribution in [0.1, 0.15) is 40.5 Å². The largest absolute Gasteiger partial charge is 0.339 e. The Morgan fingerprint density at radius 1 is 1.04 bits per heavy atom. The lowest BCUT2D eigenvalue weighted by molar-refractivity contribution is 0.0710. The van der Waals surface area contributed by atoms with E-state index in [1.165, 1.54) is 0 Å². The number of rotatable bonds is 4. The predicted octanol–water partition coefficient (Wildman–Crippen LogP) is 2.74. The summed E-state index contributed by atoms with van der Waals surface area (Å²) in [5.41, 5.74) is 1.87. The Labute approximate surface area is 152 Å². The van der Waals surface area contributed by atoms with Crippen molar-refractivity contribution < 1.29 is 4.79 Å². The van der Waals surface area contributed by atoms with Gasteiger partial charge >= 0.3 is 0 Å². The Bertz CT molecular complexity index is 854. The number of imidazole rings is 1. The van der Waals surface area contributed by atoms with E-state index in [0.29, 0.717) is 11.5 Å². The monoisotopic (exact) mass is 347 g/mol. The molecule has 0 atom stereocenters. The van der Waals surface area contributed by atoms with Crippen LogP contribution in [0.4, 0.5) is 0 Å². The molecular formula is C20H21N5O. The van der Waals surface area contributed by atoms with Crippen LogP contribution in [0.2, 0.25) is 0 Å². The van der Waals surface area contributed by atoms with Crippen LogP contribution in [0.25, 0.3) is 0 Å². The van der Waals surface area contributed by atoms with Crippen molar-refractivity contribution in [2.45, 2.75) is 25.3 Å². The zero-order chi connectivity index (χ0) is 17.8. The lowest BCUT2D eigenvalue weighted by Crippen LogP contribution is -2.38. The maximum absolute atomic E-state index is 12.6. The quantitative estimate of drug-likeness (QED) is 0.728. The van der Waals surface area contributed by atoms with Gasteiger partial charge in [0.2, 0.25) is 0 Å². The van der Waals surface area contributed by atoms with E-state index in [0.717, 1.165) is 43.9 Å². The number of pyridine rings is 2. The van der Waals surface area contributed by atoms with Gasteiger partial charge in [0.25, 0.3) is 5.91 Å². The van der Waals surface area contributed by atoms with Gasteiger partial charge in [-0.1, -0.05) is 6.07 Å². The third kappa shape index (κ3) is 3.49. The Balaban J connectivity index is 1.41. The van der Waals surface area contributed by atoms with Crippen molar-refractivity contribution >= 4 is 5.91 Å². The molecule has 1 aliphatic heterocycles. The molecule has 0 bridgehead atoms. The van der Waals surface area contributed by atoms with Gasteiger partial charge in [0, 0.05) is 61.8 Å². The molecule has 4 heterocycles. The van der Waals surface area contributed by atoms with Gasteiger partial charge in [0.15, 0.2) is 0 Å². The first-order chi connectivity index (χ1) is 12.8. The predicted molar refractivity (Wildman–Crippen MR) is 97.7 cm³/mol. The van der Waals surface area contributed by atoms with Crippen LogP contribution in [0.3, 0.4) is 0 Å². The number of piperidine rings is 1. The molecule has 1 saturated heterocycles. The number of hydrogen-bond donors (Lipinski definition) is 0. The molecule has 0 N–H and O–H groups in total. The Kier molecular flexibility index (Phi) is 4.73. The van der Waals surface area contributed by atoms with Crippen LogP contribution < -0.4 is 0 Å². The number of aromatic nitrogens is 4. The normalized spacial score (nSPS) is 15.2. The average molecular weight is 347 g/mol. The molecule has 0 saturated carbocycles. The second-order valence-corrected chi connectivity index (χ2v) is 6.58. The molecule has 1 amide bonds. The van der Waals surface area contributed by atoms with Crippen LogP contribution in [-0.2, 0) is 6.54 Å². The second kappa shape index (κ2) is 7.47. The summed E-state index contributed by atoms with van der Waals surface area (Å²) in [6.07, 6.45) is 12.7. The standard InChI is InChI=1S/C20H21N5O/c26-20(18-3-8-21-9-4-18)24-11-5-17(6-12-24)19-23-10-13-25(19)15-16-2-1-7-22-14-16/h1-4,7-10,13-14,17H,5-6,11-12,15H2. The number of likely N-dealkylation sites (tertiary alicyclic amines) is 1. The van der Waals surface area contributed by atoms with Gasteiger partial charge in [-0.15, -0.1) is 0 Å². The fourth-order valence-corrected chi connectivity index (χ4v) is 3.52. The maximum atomic E-state index is 12.6. The summed E-state index contributed by atoms with van der Waals surface area (Å²) in [6, 6.07) is 7.58. The number of hydrogen-bond acceptors (Lipinski definition) is 4. The molecule has 26 heavy (non-hydrogen) atoms. The van der Waals surface area contributed by atoms with Gasteiger partial charge in [-0.25, -0.2) is 4.98 Å². The Hall–Kier alpha value is -3.02. The van der Waals surface area contributed by atoms with Crippen molar-refractivity contribution in [2.75, 3.05) is 13.1 Å². The van der Waals surface area contributed by atoms with E-state index in [1.54, 1.807) is 30.7 Å². The lowest BCUT2D eigenvalue weighted by Gasteiger charge is -2.32. The molecule has 0 unspecified atom stereocenters. The number of amides is 1. The Morgan fingerprint density at radius 3 is 2.58 bits per heavy atom. The number of carbonyl (C=O) groups excluding carboxylic acids is 1. The van der Waals surface area contributed by atoms with Crippen molar-refractivity contribution in [1.29, 1.82) is 0 Å². The molecule has 3 aromatic heterocycles. The zero-order valence-corrected chi connectivity index (χ0v) is 14.5. The third-order valence-corrected chi connectivity index (χ3v) is 4.90. The van der Waals surface area contributed by atoms with Gasteiger partial charge in [0.05, 0.1) is 6.54 Å². The number of nitrogens with zero attached hydrogens (tertiary/aromatic N) is 5. The molecule has 0 radical (unpaired) electrons. The summed E-state index contributed by atoms with van der Waals surface area (Å²) in [4.78, 5) is 27.3. The summed E-state index contributed by atoms with van der Waals surface area (Å²) in [5.74, 6) is 1.57. The summed E-state index contributed by atoms with van der Waals surface area (Å²) < 4.78 is 2.20. The summed E-state index contributed by atoms with van der Waals surface area (Å²) in [7, 11) is 0. The Morgan fingerprint density at radius 2 is 1.85 bits per heavy atom. The summed E-state index contributed by atoms with van der Waals surface area (Å²) in [5, 5.41) is 0. The smallest absolute Gasteiger partial charge is 0.253 e. The van der Waals surface area contributed by atoms with Gasteiger partial charge in [-0.2, -0.15) is 0 Å². The number of carbonyl (C=O) groups is 1. The van der Waals surface area contributed by atoms with Crippen LogP contribution in [-0.4, -0.2) is 43.4 Å². The zero-order valence-electron chi connectivity index (χ0n) is 14.5. The van der Waals surface area contributed by atoms with Crippen molar-refractivity contribution in [2.24, 2.45) is 0 Å². The highest BCUT2D eigenvalue weighted by molar-refractivity contribution is 5.94. The molecule has 6 nitrogen and oxygen atoms in total. The minimum Gasteiger partial charge on any atom is -0.339 e. The van der Waals surface area contributed by atoms with E-state index < -0.39 is 0 Å². The van der Waals surface area contributed by atoms with Crippen LogP contribution >= 0.6 is 0 Å². The molecule has 0 aliphatic carbocycles. The van der Waals surface area contributed by atoms with Gasteiger partial charge in [0.1, 0.15) is 5.82 Å². The van der Waals surface area contributed by atoms with Crippen molar-refractivity contribution in [1.82, 2.24) is 24.4 Å². The van der Waals surface area contributed by atoms with E-state index in [9.17, 15) is 4.79 Å². The van der Waals surface area contributed by atoms with Crippen LogP contribution in [0, 0.1) is 0 Å². The highest BCUT2D eigenvalue weighted by Crippen LogP contribution is 2.28. The first-order valence-electron chi connectivity index (χ1n) is 8.90. The topological polar surface area (TPSA) is 63.9 Å². The molecule has 1 fully saturated rings. The highest BCUT2D eigenvalue weighted by atomic mass is 16.2. The fraction of sp³-hybridized carbons (Fsp3) is 0.300. The molecule has 1 aliphatic rings. The maximum Gasteiger partial charge on any atom is 0.253 e. The van der Waals surface area contributed by atoms with E-state index in [-0.39, 0.29) is 5.91 Å². The van der Waals surface area contributed by atoms with Crippen LogP contribution in [0.5, 0.6) is 0 Å². The average Bonchev–Trinajstić information content (AvgIpc) is 3.17. The first kappa shape index (κ1) is 16.4. The van der Waals surface area contributed by atoms with Gasteiger partial charge < -0.3 is 9.47 Å². The van der Waals surface area contributed by atoms with Gasteiger partial charge in [-0.05, 0) is 36.6 Å². The first-order valence-corrected chi connectivity index (χ1v) is 8.90. The van der Waals surface area contributed by atoms with Crippen molar-refractivity contribution in [3.8, 4) is 0 Å². The van der Waals surface area contributed by atoms with E-state index in [2.05, 4.69) is 25.6 Å². The van der Waals surface area contributed by atoms with E-state index in [1.807, 2.05) is 29.6 Å². The molecule has 3 aromatic rings. The molecule has 0 spiro atoms. The summed E-state index contributed by atoms with van der Waals surface area (Å²) in [6.45, 7) is 2.29. The lowest BCUT2D eigenvalue weighted by atomic mass is 9.95. The minimum atomic E-state index is 0.0875. The molecule has 0 aromatic carbocycles. The molecule has 4 rings (SSSR count). The van der Waals surface area contributed by atoms with Gasteiger partial charge in [-0.3, -0.25) is 14.8 Å². The summed E-state index contributed by atoms with van der Waals surface area (Å²) >= 11 is 0. The highest BCUT2D eigenvalue weighted by Gasteiger charge is 2.26. The second-order valence-electron chi connectivity index (χ2n) is 6.58. The molecular weight excluding hydrogens is 326 g/mol. The van der Waals surface area contributed by atoms with Crippen molar-refractivity contribution in [3.05, 3.63) is 78.4 Å². The molecule has 6 heteroatoms. The van der Waals surface area contributed by atoms with Crippen molar-refractivity contribution in [3.63, 3.8) is 0 Å².